The highest BCUT2D eigenvalue weighted by atomic mass is 16.5. The van der Waals surface area contributed by atoms with Gasteiger partial charge in [0.05, 0.1) is 12.6 Å². The Hall–Kier alpha value is -2.11. The molecule has 0 aliphatic rings. The number of nitrogens with one attached hydrogen (secondary N) is 1. The van der Waals surface area contributed by atoms with E-state index in [0.717, 1.165) is 23.8 Å². The summed E-state index contributed by atoms with van der Waals surface area (Å²) in [6, 6.07) is 3.78. The minimum atomic E-state index is 0.00590. The van der Waals surface area contributed by atoms with Crippen molar-refractivity contribution in [3.05, 3.63) is 30.5 Å². The minimum Gasteiger partial charge on any atom is -0.490 e. The summed E-state index contributed by atoms with van der Waals surface area (Å²) in [5.74, 6) is 2.34. The second-order valence-electron chi connectivity index (χ2n) is 4.36. The summed E-state index contributed by atoms with van der Waals surface area (Å²) in [6.45, 7) is 4.77. The van der Waals surface area contributed by atoms with E-state index in [0.29, 0.717) is 6.61 Å². The number of nitrogens with zero attached hydrogens (tertiary/aromatic N) is 4. The lowest BCUT2D eigenvalue weighted by molar-refractivity contribution is 0.317. The molecule has 0 aliphatic carbocycles. The maximum Gasteiger partial charge on any atom is 0.169 e. The second-order valence-corrected chi connectivity index (χ2v) is 4.36. The fraction of sp³-hybridized carbons (Fsp3) is 0.462. The molecule has 2 heterocycles. The largest absolute Gasteiger partial charge is 0.490 e. The van der Waals surface area contributed by atoms with Crippen LogP contribution in [0.15, 0.2) is 24.7 Å². The molecule has 0 spiro atoms. The Balaban J connectivity index is 2.12. The molecule has 0 radical (unpaired) electrons. The lowest BCUT2D eigenvalue weighted by atomic mass is 10.3. The minimum absolute atomic E-state index is 0.00590. The zero-order chi connectivity index (χ0) is 13.7. The normalized spacial score (nSPS) is 12.2. The fourth-order valence-electron chi connectivity index (χ4n) is 1.78. The molecule has 0 aromatic carbocycles. The molecule has 0 aliphatic heterocycles. The van der Waals surface area contributed by atoms with Crippen LogP contribution in [0.25, 0.3) is 0 Å². The summed E-state index contributed by atoms with van der Waals surface area (Å²) in [4.78, 5) is 4.32. The topological polar surface area (TPSA) is 64.9 Å². The number of ether oxygens (including phenoxy) is 1. The molecule has 1 atom stereocenters. The van der Waals surface area contributed by atoms with E-state index in [1.165, 1.54) is 0 Å². The van der Waals surface area contributed by atoms with Crippen molar-refractivity contribution < 1.29 is 4.74 Å². The predicted octanol–water partition coefficient (Wildman–Crippen LogP) is 2.17. The highest BCUT2D eigenvalue weighted by molar-refractivity contribution is 5.50. The molecule has 0 saturated heterocycles. The van der Waals surface area contributed by atoms with Crippen LogP contribution in [0, 0.1) is 0 Å². The lowest BCUT2D eigenvalue weighted by Gasteiger charge is -2.16. The third kappa shape index (κ3) is 3.21. The summed E-state index contributed by atoms with van der Waals surface area (Å²) < 4.78 is 7.55. The van der Waals surface area contributed by atoms with E-state index in [9.17, 15) is 0 Å². The number of aryl methyl sites for hydroxylation is 1. The third-order valence-electron chi connectivity index (χ3n) is 2.72. The Morgan fingerprint density at radius 3 is 3.00 bits per heavy atom. The van der Waals surface area contributed by atoms with Crippen LogP contribution in [0.3, 0.4) is 0 Å². The van der Waals surface area contributed by atoms with Gasteiger partial charge in [0.25, 0.3) is 0 Å². The van der Waals surface area contributed by atoms with E-state index in [1.54, 1.807) is 12.5 Å². The van der Waals surface area contributed by atoms with Crippen LogP contribution in [0.2, 0.25) is 0 Å². The van der Waals surface area contributed by atoms with Crippen LogP contribution in [0.1, 0.15) is 32.1 Å². The van der Waals surface area contributed by atoms with Gasteiger partial charge in [-0.15, -0.1) is 10.2 Å². The molecule has 0 fully saturated rings. The summed E-state index contributed by atoms with van der Waals surface area (Å²) >= 11 is 0. The second kappa shape index (κ2) is 6.17. The van der Waals surface area contributed by atoms with Crippen LogP contribution in [0.5, 0.6) is 5.75 Å². The van der Waals surface area contributed by atoms with Gasteiger partial charge in [0, 0.05) is 13.2 Å². The smallest absolute Gasteiger partial charge is 0.169 e. The highest BCUT2D eigenvalue weighted by Gasteiger charge is 2.14. The van der Waals surface area contributed by atoms with E-state index in [-0.39, 0.29) is 6.04 Å². The standard InChI is InChI=1S/C13H19N5O/c1-4-8-19-11-6-5-7-14-12(11)16-10(2)13-17-15-9-18(13)3/h5-7,9-10H,4,8H2,1-3H3,(H,14,16). The number of hydrogen-bond donors (Lipinski definition) is 1. The predicted molar refractivity (Wildman–Crippen MR) is 73.1 cm³/mol. The summed E-state index contributed by atoms with van der Waals surface area (Å²) in [5, 5.41) is 11.3. The van der Waals surface area contributed by atoms with E-state index < -0.39 is 0 Å². The van der Waals surface area contributed by atoms with Gasteiger partial charge in [0.1, 0.15) is 6.33 Å². The molecule has 1 unspecified atom stereocenters. The maximum atomic E-state index is 5.67. The molecule has 2 rings (SSSR count). The molecular formula is C13H19N5O. The molecular weight excluding hydrogens is 242 g/mol. The van der Waals surface area contributed by atoms with Crippen molar-refractivity contribution in [1.29, 1.82) is 0 Å². The molecule has 2 aromatic rings. The number of rotatable bonds is 6. The SMILES string of the molecule is CCCOc1cccnc1NC(C)c1nncn1C. The Morgan fingerprint density at radius 1 is 1.47 bits per heavy atom. The Morgan fingerprint density at radius 2 is 2.32 bits per heavy atom. The Bertz CT molecular complexity index is 525. The number of aromatic nitrogens is 4. The van der Waals surface area contributed by atoms with Crippen LogP contribution < -0.4 is 10.1 Å². The number of pyridine rings is 1. The van der Waals surface area contributed by atoms with Gasteiger partial charge in [-0.25, -0.2) is 4.98 Å². The quantitative estimate of drug-likeness (QED) is 0.863. The monoisotopic (exact) mass is 261 g/mol. The van der Waals surface area contributed by atoms with Crippen LogP contribution in [-0.4, -0.2) is 26.4 Å². The van der Waals surface area contributed by atoms with Crippen molar-refractivity contribution >= 4 is 5.82 Å². The Labute approximate surface area is 112 Å². The van der Waals surface area contributed by atoms with Crippen LogP contribution in [0.4, 0.5) is 5.82 Å². The zero-order valence-electron chi connectivity index (χ0n) is 11.5. The van der Waals surface area contributed by atoms with E-state index in [2.05, 4.69) is 27.4 Å². The molecule has 6 nitrogen and oxygen atoms in total. The molecule has 0 bridgehead atoms. The lowest BCUT2D eigenvalue weighted by Crippen LogP contribution is -2.13. The first-order valence-electron chi connectivity index (χ1n) is 6.40. The molecule has 1 N–H and O–H groups in total. The van der Waals surface area contributed by atoms with Crippen molar-refractivity contribution in [2.24, 2.45) is 7.05 Å². The van der Waals surface area contributed by atoms with Crippen molar-refractivity contribution in [1.82, 2.24) is 19.7 Å². The highest BCUT2D eigenvalue weighted by Crippen LogP contribution is 2.25. The molecule has 19 heavy (non-hydrogen) atoms. The van der Waals surface area contributed by atoms with Gasteiger partial charge in [-0.2, -0.15) is 0 Å². The molecule has 102 valence electrons. The van der Waals surface area contributed by atoms with E-state index in [4.69, 9.17) is 4.74 Å². The van der Waals surface area contributed by atoms with Crippen molar-refractivity contribution in [2.45, 2.75) is 26.3 Å². The average molecular weight is 261 g/mol. The third-order valence-corrected chi connectivity index (χ3v) is 2.72. The number of anilines is 1. The van der Waals surface area contributed by atoms with Crippen molar-refractivity contribution in [2.75, 3.05) is 11.9 Å². The summed E-state index contributed by atoms with van der Waals surface area (Å²) in [7, 11) is 1.92. The van der Waals surface area contributed by atoms with Crippen LogP contribution in [-0.2, 0) is 7.05 Å². The first-order valence-corrected chi connectivity index (χ1v) is 6.40. The van der Waals surface area contributed by atoms with E-state index >= 15 is 0 Å². The van der Waals surface area contributed by atoms with Gasteiger partial charge in [-0.3, -0.25) is 0 Å². The van der Waals surface area contributed by atoms with Crippen molar-refractivity contribution in [3.8, 4) is 5.75 Å². The summed E-state index contributed by atoms with van der Waals surface area (Å²) in [6.07, 6.45) is 4.39. The Kier molecular flexibility index (Phi) is 4.33. The summed E-state index contributed by atoms with van der Waals surface area (Å²) in [5.41, 5.74) is 0. The van der Waals surface area contributed by atoms with Gasteiger partial charge in [-0.1, -0.05) is 6.92 Å². The van der Waals surface area contributed by atoms with Gasteiger partial charge in [0.15, 0.2) is 17.4 Å². The fourth-order valence-corrected chi connectivity index (χ4v) is 1.78. The van der Waals surface area contributed by atoms with Gasteiger partial charge in [0.2, 0.25) is 0 Å². The first-order chi connectivity index (χ1) is 9.22. The van der Waals surface area contributed by atoms with Crippen molar-refractivity contribution in [3.63, 3.8) is 0 Å². The van der Waals surface area contributed by atoms with Gasteiger partial charge < -0.3 is 14.6 Å². The number of hydrogen-bond acceptors (Lipinski definition) is 5. The molecule has 6 heteroatoms. The average Bonchev–Trinajstić information content (AvgIpc) is 2.84. The first kappa shape index (κ1) is 13.3. The maximum absolute atomic E-state index is 5.67. The molecule has 2 aromatic heterocycles. The van der Waals surface area contributed by atoms with Gasteiger partial charge >= 0.3 is 0 Å². The molecule has 0 saturated carbocycles. The van der Waals surface area contributed by atoms with Crippen LogP contribution >= 0.6 is 0 Å². The van der Waals surface area contributed by atoms with E-state index in [1.807, 2.05) is 30.7 Å². The molecule has 0 amide bonds. The zero-order valence-corrected chi connectivity index (χ0v) is 11.5. The van der Waals surface area contributed by atoms with Gasteiger partial charge in [-0.05, 0) is 25.5 Å².